The number of rotatable bonds is 2. The van der Waals surface area contributed by atoms with Crippen molar-refractivity contribution in [1.82, 2.24) is 14.1 Å². The smallest absolute Gasteiger partial charge is 0.321 e. The van der Waals surface area contributed by atoms with Gasteiger partial charge in [-0.3, -0.25) is 33.6 Å². The predicted octanol–water partition coefficient (Wildman–Crippen LogP) is 0.142. The van der Waals surface area contributed by atoms with Crippen LogP contribution in [0.3, 0.4) is 0 Å². The lowest BCUT2D eigenvalue weighted by atomic mass is 10.2. The second-order valence-corrected chi connectivity index (χ2v) is 7.10. The first-order valence-corrected chi connectivity index (χ1v) is 7.39. The largest absolute Gasteiger partial charge is 0.357 e. The fraction of sp³-hybridized carbons (Fsp3) is 0.273. The lowest BCUT2D eigenvalue weighted by Gasteiger charge is -2.13. The molecule has 25 heavy (non-hydrogen) atoms. The van der Waals surface area contributed by atoms with E-state index in [9.17, 15) is 29.3 Å². The highest BCUT2D eigenvalue weighted by Crippen LogP contribution is 2.29. The maximum absolute atomic E-state index is 12.4. The van der Waals surface area contributed by atoms with Gasteiger partial charge in [-0.1, -0.05) is 34.8 Å². The molecule has 0 bridgehead atoms. The third kappa shape index (κ3) is 3.13. The number of hydrogen-bond acceptors (Lipinski definition) is 6. The molecule has 0 radical (unpaired) electrons. The van der Waals surface area contributed by atoms with Crippen LogP contribution < -0.4 is 22.0 Å². The summed E-state index contributed by atoms with van der Waals surface area (Å²) in [6.45, 7) is 0. The van der Waals surface area contributed by atoms with Gasteiger partial charge in [-0.05, 0) is 0 Å². The van der Waals surface area contributed by atoms with Crippen LogP contribution in [-0.4, -0.2) is 28.7 Å². The van der Waals surface area contributed by atoms with Crippen LogP contribution in [0.4, 0.5) is 11.5 Å². The quantitative estimate of drug-likeness (QED) is 0.407. The van der Waals surface area contributed by atoms with Crippen molar-refractivity contribution in [3.8, 4) is 0 Å². The summed E-state index contributed by atoms with van der Waals surface area (Å²) < 4.78 is -0.994. The van der Waals surface area contributed by atoms with E-state index in [-0.39, 0.29) is 5.65 Å². The molecule has 2 aromatic rings. The summed E-state index contributed by atoms with van der Waals surface area (Å²) in [6, 6.07) is 0. The highest BCUT2D eigenvalue weighted by Gasteiger charge is 2.34. The first-order valence-electron chi connectivity index (χ1n) is 6.26. The fourth-order valence-corrected chi connectivity index (χ4v) is 2.20. The Balaban J connectivity index is 2.98. The molecule has 14 heteroatoms. The van der Waals surface area contributed by atoms with E-state index in [1.807, 2.05) is 5.32 Å². The maximum Gasteiger partial charge on any atom is 0.357 e. The Labute approximate surface area is 151 Å². The molecule has 134 valence electrons. The van der Waals surface area contributed by atoms with Crippen molar-refractivity contribution in [2.75, 3.05) is 5.32 Å². The zero-order valence-corrected chi connectivity index (χ0v) is 14.7. The number of aryl methyl sites for hydroxylation is 1. The van der Waals surface area contributed by atoms with Crippen molar-refractivity contribution in [2.45, 2.75) is 3.79 Å². The number of nitrogens with zero attached hydrogens (tertiary/aromatic N) is 3. The highest BCUT2D eigenvalue weighted by atomic mass is 35.6. The number of fused-ring (bicyclic) bond motifs is 1. The standard InChI is InChI=1S/C11H8Cl3N5O6/c1-17-7-3(8(21)18(2)10(17)23)5(20)4(19(24)25)6(15-7)16-9(22)11(12,13)14/h1-2H3,(H2,15,16,20,22). The van der Waals surface area contributed by atoms with Crippen LogP contribution in [0.2, 0.25) is 0 Å². The Hall–Kier alpha value is -2.37. The third-order valence-corrected chi connectivity index (χ3v) is 3.78. The van der Waals surface area contributed by atoms with Crippen molar-refractivity contribution in [3.63, 3.8) is 0 Å². The van der Waals surface area contributed by atoms with Crippen LogP contribution in [0.25, 0.3) is 11.0 Å². The van der Waals surface area contributed by atoms with Gasteiger partial charge < -0.3 is 10.3 Å². The molecule has 0 aliphatic carbocycles. The number of alkyl halides is 3. The number of carbonyl (C=O) groups is 1. The van der Waals surface area contributed by atoms with Gasteiger partial charge in [0.1, 0.15) is 11.0 Å². The van der Waals surface area contributed by atoms with E-state index >= 15 is 0 Å². The number of H-pyrrole nitrogens is 1. The predicted molar refractivity (Wildman–Crippen MR) is 90.6 cm³/mol. The average Bonchev–Trinajstić information content (AvgIpc) is 2.49. The fourth-order valence-electron chi connectivity index (χ4n) is 2.05. The Morgan fingerprint density at radius 1 is 1.20 bits per heavy atom. The summed E-state index contributed by atoms with van der Waals surface area (Å²) in [6.07, 6.45) is 0. The number of aromatic nitrogens is 3. The molecule has 0 aliphatic heterocycles. The number of anilines is 1. The molecule has 0 aliphatic rings. The SMILES string of the molecule is Cn1c(=O)c2c(=O)c([N+](=O)[O-])c(NC(=O)C(Cl)(Cl)Cl)[nH]c2n(C)c1=O. The third-order valence-electron chi connectivity index (χ3n) is 3.27. The van der Waals surface area contributed by atoms with Crippen LogP contribution >= 0.6 is 34.8 Å². The van der Waals surface area contributed by atoms with E-state index in [0.717, 1.165) is 11.6 Å². The number of pyridine rings is 1. The minimum Gasteiger partial charge on any atom is -0.321 e. The molecule has 0 saturated heterocycles. The van der Waals surface area contributed by atoms with Gasteiger partial charge in [0, 0.05) is 14.1 Å². The van der Waals surface area contributed by atoms with E-state index < -0.39 is 48.2 Å². The number of amides is 1. The zero-order valence-electron chi connectivity index (χ0n) is 12.4. The van der Waals surface area contributed by atoms with Crippen molar-refractivity contribution in [1.29, 1.82) is 0 Å². The van der Waals surface area contributed by atoms with Crippen molar-refractivity contribution in [2.24, 2.45) is 14.1 Å². The minimum absolute atomic E-state index is 0.344. The van der Waals surface area contributed by atoms with E-state index in [2.05, 4.69) is 4.98 Å². The van der Waals surface area contributed by atoms with Crippen molar-refractivity contribution in [3.05, 3.63) is 41.2 Å². The van der Waals surface area contributed by atoms with Gasteiger partial charge in [0.2, 0.25) is 0 Å². The Morgan fingerprint density at radius 2 is 1.76 bits per heavy atom. The summed E-state index contributed by atoms with van der Waals surface area (Å²) in [4.78, 5) is 60.7. The summed E-state index contributed by atoms with van der Waals surface area (Å²) in [5.41, 5.74) is -4.65. The monoisotopic (exact) mass is 411 g/mol. The van der Waals surface area contributed by atoms with Crippen molar-refractivity contribution < 1.29 is 9.72 Å². The molecule has 0 aromatic carbocycles. The van der Waals surface area contributed by atoms with Crippen LogP contribution in [0.1, 0.15) is 0 Å². The molecular weight excluding hydrogens is 405 g/mol. The molecule has 11 nitrogen and oxygen atoms in total. The first kappa shape index (κ1) is 19.0. The lowest BCUT2D eigenvalue weighted by Crippen LogP contribution is -2.40. The summed E-state index contributed by atoms with van der Waals surface area (Å²) in [7, 11) is 2.32. The molecule has 0 unspecified atom stereocenters. The van der Waals surface area contributed by atoms with Crippen LogP contribution in [0, 0.1) is 10.1 Å². The van der Waals surface area contributed by atoms with Crippen LogP contribution in [-0.2, 0) is 18.9 Å². The number of aromatic amines is 1. The number of halogens is 3. The van der Waals surface area contributed by atoms with E-state index in [1.165, 1.54) is 7.05 Å². The van der Waals surface area contributed by atoms with Gasteiger partial charge >= 0.3 is 11.4 Å². The lowest BCUT2D eigenvalue weighted by molar-refractivity contribution is -0.385. The zero-order chi connectivity index (χ0) is 19.3. The topological polar surface area (TPSA) is 149 Å². The molecule has 2 rings (SSSR count). The van der Waals surface area contributed by atoms with Crippen LogP contribution in [0.15, 0.2) is 14.4 Å². The molecule has 2 N–H and O–H groups in total. The summed E-state index contributed by atoms with van der Waals surface area (Å²) in [5.74, 6) is -2.02. The van der Waals surface area contributed by atoms with Gasteiger partial charge in [-0.2, -0.15) is 0 Å². The molecule has 2 heterocycles. The number of nitrogens with one attached hydrogen (secondary N) is 2. The Bertz CT molecular complexity index is 1090. The van der Waals surface area contributed by atoms with Gasteiger partial charge in [-0.25, -0.2) is 4.79 Å². The summed E-state index contributed by atoms with van der Waals surface area (Å²) in [5, 5.41) is 12.5. The molecule has 1 amide bonds. The minimum atomic E-state index is -2.47. The molecule has 2 aromatic heterocycles. The number of nitro groups is 1. The number of hydrogen-bond donors (Lipinski definition) is 2. The number of carbonyl (C=O) groups excluding carboxylic acids is 1. The second-order valence-electron chi connectivity index (χ2n) is 4.82. The highest BCUT2D eigenvalue weighted by molar-refractivity contribution is 6.76. The van der Waals surface area contributed by atoms with Crippen LogP contribution in [0.5, 0.6) is 0 Å². The second kappa shape index (κ2) is 6.17. The normalized spacial score (nSPS) is 11.6. The van der Waals surface area contributed by atoms with Crippen molar-refractivity contribution >= 4 is 63.2 Å². The first-order chi connectivity index (χ1) is 11.4. The molecule has 0 atom stereocenters. The van der Waals surface area contributed by atoms with E-state index in [0.29, 0.717) is 4.57 Å². The maximum atomic E-state index is 12.4. The molecule has 0 saturated carbocycles. The van der Waals surface area contributed by atoms with E-state index in [1.54, 1.807) is 0 Å². The summed E-state index contributed by atoms with van der Waals surface area (Å²) >= 11 is 16.1. The molecular formula is C11H8Cl3N5O6. The average molecular weight is 413 g/mol. The Morgan fingerprint density at radius 3 is 2.24 bits per heavy atom. The van der Waals surface area contributed by atoms with Gasteiger partial charge in [0.15, 0.2) is 5.82 Å². The van der Waals surface area contributed by atoms with Gasteiger partial charge in [0.25, 0.3) is 20.7 Å². The molecule has 0 spiro atoms. The van der Waals surface area contributed by atoms with Gasteiger partial charge in [-0.15, -0.1) is 0 Å². The van der Waals surface area contributed by atoms with E-state index in [4.69, 9.17) is 34.8 Å². The van der Waals surface area contributed by atoms with Gasteiger partial charge in [0.05, 0.1) is 4.92 Å². The molecule has 0 fully saturated rings. The Kier molecular flexibility index (Phi) is 4.68.